The van der Waals surface area contributed by atoms with Gasteiger partial charge in [-0.05, 0) is 32.4 Å². The fourth-order valence-electron chi connectivity index (χ4n) is 2.94. The van der Waals surface area contributed by atoms with E-state index in [-0.39, 0.29) is 0 Å². The van der Waals surface area contributed by atoms with Crippen LogP contribution in [0.15, 0.2) is 33.7 Å². The van der Waals surface area contributed by atoms with Crippen molar-refractivity contribution in [3.05, 3.63) is 51.3 Å². The molecule has 148 valence electrons. The Hall–Kier alpha value is -1.86. The van der Waals surface area contributed by atoms with Gasteiger partial charge in [0, 0.05) is 43.0 Å². The Balaban J connectivity index is 2.15. The maximum absolute atomic E-state index is 5.17. The van der Waals surface area contributed by atoms with Crippen LogP contribution < -0.4 is 5.32 Å². The molecule has 0 saturated heterocycles. The van der Waals surface area contributed by atoms with Crippen LogP contribution in [-0.2, 0) is 24.4 Å². The van der Waals surface area contributed by atoms with Crippen LogP contribution >= 0.6 is 15.9 Å². The minimum atomic E-state index is 0.604. The number of ether oxygens (including phenoxy) is 1. The van der Waals surface area contributed by atoms with Crippen molar-refractivity contribution in [1.29, 1.82) is 0 Å². The highest BCUT2D eigenvalue weighted by Gasteiger charge is 2.13. The van der Waals surface area contributed by atoms with Gasteiger partial charge in [-0.15, -0.1) is 0 Å². The maximum atomic E-state index is 5.17. The number of halogens is 1. The number of rotatable bonds is 8. The van der Waals surface area contributed by atoms with Gasteiger partial charge in [-0.1, -0.05) is 34.1 Å². The summed E-state index contributed by atoms with van der Waals surface area (Å²) in [6.07, 6.45) is 0. The molecule has 0 radical (unpaired) electrons. The van der Waals surface area contributed by atoms with Crippen LogP contribution in [0.3, 0.4) is 0 Å². The van der Waals surface area contributed by atoms with Crippen molar-refractivity contribution in [1.82, 2.24) is 20.0 Å². The van der Waals surface area contributed by atoms with E-state index in [1.54, 1.807) is 7.11 Å². The van der Waals surface area contributed by atoms with E-state index in [1.165, 1.54) is 11.1 Å². The fraction of sp³-hybridized carbons (Fsp3) is 0.500. The van der Waals surface area contributed by atoms with E-state index < -0.39 is 0 Å². The lowest BCUT2D eigenvalue weighted by Crippen LogP contribution is -2.38. The molecule has 0 unspecified atom stereocenters. The molecule has 1 aromatic heterocycles. The Morgan fingerprint density at radius 2 is 2.07 bits per heavy atom. The van der Waals surface area contributed by atoms with E-state index in [4.69, 9.17) is 9.73 Å². The maximum Gasteiger partial charge on any atom is 0.194 e. The molecule has 0 aliphatic heterocycles. The summed E-state index contributed by atoms with van der Waals surface area (Å²) in [6.45, 7) is 9.84. The first-order valence-corrected chi connectivity index (χ1v) is 10.0. The molecule has 1 N–H and O–H groups in total. The Bertz CT molecular complexity index is 772. The quantitative estimate of drug-likeness (QED) is 0.509. The number of benzene rings is 1. The minimum absolute atomic E-state index is 0.604. The van der Waals surface area contributed by atoms with E-state index in [2.05, 4.69) is 70.3 Å². The number of hydrogen-bond donors (Lipinski definition) is 1. The minimum Gasteiger partial charge on any atom is -0.383 e. The van der Waals surface area contributed by atoms with Gasteiger partial charge in [0.2, 0.25) is 0 Å². The van der Waals surface area contributed by atoms with Crippen molar-refractivity contribution in [2.75, 3.05) is 27.3 Å². The summed E-state index contributed by atoms with van der Waals surface area (Å²) in [5.41, 5.74) is 4.58. The van der Waals surface area contributed by atoms with Gasteiger partial charge in [0.05, 0.1) is 25.4 Å². The molecule has 0 bridgehead atoms. The van der Waals surface area contributed by atoms with E-state index >= 15 is 0 Å². The Morgan fingerprint density at radius 3 is 2.74 bits per heavy atom. The van der Waals surface area contributed by atoms with Crippen molar-refractivity contribution in [2.24, 2.45) is 4.99 Å². The number of aliphatic imine (C=N–C) groups is 1. The second kappa shape index (κ2) is 10.5. The second-order valence-corrected chi connectivity index (χ2v) is 7.34. The molecule has 0 saturated carbocycles. The van der Waals surface area contributed by atoms with Gasteiger partial charge in [0.1, 0.15) is 0 Å². The van der Waals surface area contributed by atoms with Crippen LogP contribution in [0.5, 0.6) is 0 Å². The normalized spacial score (nSPS) is 11.7. The molecule has 27 heavy (non-hydrogen) atoms. The lowest BCUT2D eigenvalue weighted by atomic mass is 10.2. The fourth-order valence-corrected chi connectivity index (χ4v) is 3.35. The summed E-state index contributed by atoms with van der Waals surface area (Å²) >= 11 is 3.62. The van der Waals surface area contributed by atoms with Crippen LogP contribution in [0.1, 0.15) is 29.4 Å². The summed E-state index contributed by atoms with van der Waals surface area (Å²) in [7, 11) is 3.77. The molecule has 0 amide bonds. The van der Waals surface area contributed by atoms with Crippen molar-refractivity contribution in [3.63, 3.8) is 0 Å². The molecule has 0 fully saturated rings. The number of guanidine groups is 1. The van der Waals surface area contributed by atoms with Gasteiger partial charge in [0.15, 0.2) is 5.96 Å². The number of nitrogens with zero attached hydrogens (tertiary/aromatic N) is 4. The molecule has 1 aromatic carbocycles. The Labute approximate surface area is 170 Å². The zero-order valence-electron chi connectivity index (χ0n) is 16.9. The van der Waals surface area contributed by atoms with Gasteiger partial charge >= 0.3 is 0 Å². The Morgan fingerprint density at radius 1 is 1.33 bits per heavy atom. The first kappa shape index (κ1) is 21.4. The average Bonchev–Trinajstić information content (AvgIpc) is 2.92. The van der Waals surface area contributed by atoms with E-state index in [0.29, 0.717) is 13.2 Å². The summed E-state index contributed by atoms with van der Waals surface area (Å²) in [4.78, 5) is 7.00. The largest absolute Gasteiger partial charge is 0.383 e. The third-order valence-corrected chi connectivity index (χ3v) is 5.26. The summed E-state index contributed by atoms with van der Waals surface area (Å²) < 4.78 is 8.28. The highest BCUT2D eigenvalue weighted by Crippen LogP contribution is 2.18. The molecule has 2 aromatic rings. The Kier molecular flexibility index (Phi) is 8.31. The van der Waals surface area contributed by atoms with Crippen LogP contribution in [0.25, 0.3) is 0 Å². The molecule has 2 rings (SSSR count). The molecular weight excluding hydrogens is 406 g/mol. The number of methoxy groups -OCH3 is 1. The molecule has 0 aliphatic carbocycles. The second-order valence-electron chi connectivity index (χ2n) is 6.48. The molecule has 7 heteroatoms. The summed E-state index contributed by atoms with van der Waals surface area (Å²) in [5.74, 6) is 0.886. The van der Waals surface area contributed by atoms with Crippen LogP contribution in [0.2, 0.25) is 0 Å². The summed E-state index contributed by atoms with van der Waals surface area (Å²) in [6, 6.07) is 8.27. The molecule has 0 atom stereocenters. The first-order chi connectivity index (χ1) is 13.0. The molecule has 0 aliphatic rings. The predicted molar refractivity (Wildman–Crippen MR) is 114 cm³/mol. The summed E-state index contributed by atoms with van der Waals surface area (Å²) in [5, 5.41) is 8.01. The lowest BCUT2D eigenvalue weighted by Gasteiger charge is -2.22. The smallest absolute Gasteiger partial charge is 0.194 e. The number of aromatic nitrogens is 2. The van der Waals surface area contributed by atoms with Gasteiger partial charge < -0.3 is 15.0 Å². The highest BCUT2D eigenvalue weighted by molar-refractivity contribution is 9.10. The topological polar surface area (TPSA) is 54.7 Å². The number of hydrogen-bond acceptors (Lipinski definition) is 3. The van der Waals surface area contributed by atoms with Crippen molar-refractivity contribution in [2.45, 2.75) is 40.4 Å². The van der Waals surface area contributed by atoms with Gasteiger partial charge in [-0.25, -0.2) is 4.99 Å². The van der Waals surface area contributed by atoms with Crippen molar-refractivity contribution in [3.8, 4) is 0 Å². The number of aryl methyl sites for hydroxylation is 1. The lowest BCUT2D eigenvalue weighted by molar-refractivity contribution is 0.182. The SMILES string of the molecule is CCNC(=NCc1c(C)nn(CCOC)c1C)N(C)Cc1ccccc1Br. The number of nitrogens with one attached hydrogen (secondary N) is 1. The predicted octanol–water partition coefficient (Wildman–Crippen LogP) is 3.51. The molecule has 6 nitrogen and oxygen atoms in total. The van der Waals surface area contributed by atoms with Crippen molar-refractivity contribution >= 4 is 21.9 Å². The van der Waals surface area contributed by atoms with E-state index in [9.17, 15) is 0 Å². The highest BCUT2D eigenvalue weighted by atomic mass is 79.9. The van der Waals surface area contributed by atoms with Gasteiger partial charge in [-0.2, -0.15) is 5.10 Å². The van der Waals surface area contributed by atoms with Gasteiger partial charge in [0.25, 0.3) is 0 Å². The standard InChI is InChI=1S/C20H30BrN5O/c1-6-22-20(25(4)14-17-9-7-8-10-19(17)21)23-13-18-15(2)24-26(16(18)3)11-12-27-5/h7-10H,6,11-14H2,1-5H3,(H,22,23). The molecule has 1 heterocycles. The van der Waals surface area contributed by atoms with E-state index in [0.717, 1.165) is 41.5 Å². The molecular formula is C20H30BrN5O. The molecule has 0 spiro atoms. The van der Waals surface area contributed by atoms with Crippen LogP contribution in [0, 0.1) is 13.8 Å². The third-order valence-electron chi connectivity index (χ3n) is 4.49. The van der Waals surface area contributed by atoms with Crippen molar-refractivity contribution < 1.29 is 4.74 Å². The monoisotopic (exact) mass is 435 g/mol. The zero-order chi connectivity index (χ0) is 19.8. The third kappa shape index (κ3) is 5.81. The van der Waals surface area contributed by atoms with Crippen LogP contribution in [0.4, 0.5) is 0 Å². The van der Waals surface area contributed by atoms with Crippen LogP contribution in [-0.4, -0.2) is 47.9 Å². The van der Waals surface area contributed by atoms with E-state index in [1.807, 2.05) is 17.7 Å². The zero-order valence-corrected chi connectivity index (χ0v) is 18.5. The average molecular weight is 436 g/mol. The first-order valence-electron chi connectivity index (χ1n) is 9.22. The van der Waals surface area contributed by atoms with Gasteiger partial charge in [-0.3, -0.25) is 4.68 Å².